The van der Waals surface area contributed by atoms with Crippen molar-refractivity contribution in [2.45, 2.75) is 13.1 Å². The molecule has 1 N–H and O–H groups in total. The summed E-state index contributed by atoms with van der Waals surface area (Å²) in [7, 11) is 0. The fourth-order valence-electron chi connectivity index (χ4n) is 2.47. The molecule has 0 bridgehead atoms. The second-order valence-electron chi connectivity index (χ2n) is 5.59. The number of carbonyl (C=O) groups excluding carboxylic acids is 1. The number of carbonyl (C=O) groups is 1. The number of halogens is 3. The lowest BCUT2D eigenvalue weighted by molar-refractivity contribution is -0.137. The van der Waals surface area contributed by atoms with Crippen LogP contribution in [0.1, 0.15) is 22.8 Å². The molecule has 0 aliphatic heterocycles. The van der Waals surface area contributed by atoms with Gasteiger partial charge in [0.15, 0.2) is 0 Å². The zero-order chi connectivity index (χ0) is 19.4. The molecule has 0 unspecified atom stereocenters. The van der Waals surface area contributed by atoms with E-state index in [2.05, 4.69) is 10.4 Å². The first-order valence-corrected chi connectivity index (χ1v) is 8.14. The van der Waals surface area contributed by atoms with Crippen molar-refractivity contribution in [3.05, 3.63) is 72.1 Å². The molecule has 3 aromatic rings. The minimum absolute atomic E-state index is 0.0344. The van der Waals surface area contributed by atoms with E-state index >= 15 is 0 Å². The van der Waals surface area contributed by atoms with Gasteiger partial charge in [-0.15, -0.1) is 0 Å². The van der Waals surface area contributed by atoms with Crippen molar-refractivity contribution in [2.75, 3.05) is 11.9 Å². The lowest BCUT2D eigenvalue weighted by atomic mass is 10.1. The summed E-state index contributed by atoms with van der Waals surface area (Å²) in [6.45, 7) is 1.96. The molecule has 0 fully saturated rings. The van der Waals surface area contributed by atoms with E-state index in [4.69, 9.17) is 4.74 Å². The number of hydrogen-bond acceptors (Lipinski definition) is 3. The Morgan fingerprint density at radius 1 is 1.19 bits per heavy atom. The number of nitrogens with one attached hydrogen (secondary N) is 1. The number of alkyl halides is 3. The van der Waals surface area contributed by atoms with Crippen molar-refractivity contribution in [3.63, 3.8) is 0 Å². The third kappa shape index (κ3) is 4.28. The van der Waals surface area contributed by atoms with Crippen LogP contribution in [-0.4, -0.2) is 22.3 Å². The summed E-state index contributed by atoms with van der Waals surface area (Å²) in [6, 6.07) is 11.3. The number of aromatic nitrogens is 2. The third-order valence-electron chi connectivity index (χ3n) is 3.75. The molecule has 1 aromatic heterocycles. The zero-order valence-corrected chi connectivity index (χ0v) is 14.3. The molecule has 140 valence electrons. The fraction of sp³-hybridized carbons (Fsp3) is 0.158. The molecular weight excluding hydrogens is 359 g/mol. The van der Waals surface area contributed by atoms with Gasteiger partial charge in [-0.2, -0.15) is 18.3 Å². The molecule has 0 aliphatic rings. The van der Waals surface area contributed by atoms with Gasteiger partial charge in [0.1, 0.15) is 5.75 Å². The Morgan fingerprint density at radius 3 is 2.52 bits per heavy atom. The standard InChI is InChI=1S/C19H16F3N3O2/c1-2-27-17-9-6-14(19(20,21)22)12-16(17)24-18(26)13-4-7-15(8-5-13)25-11-3-10-23-25/h3-12H,2H2,1H3,(H,24,26). The van der Waals surface area contributed by atoms with Crippen LogP contribution in [0.5, 0.6) is 5.75 Å². The van der Waals surface area contributed by atoms with Crippen LogP contribution in [0.4, 0.5) is 18.9 Å². The van der Waals surface area contributed by atoms with E-state index in [-0.39, 0.29) is 18.0 Å². The highest BCUT2D eigenvalue weighted by atomic mass is 19.4. The van der Waals surface area contributed by atoms with Crippen LogP contribution in [0.15, 0.2) is 60.9 Å². The number of ether oxygens (including phenoxy) is 1. The van der Waals surface area contributed by atoms with Gasteiger partial charge < -0.3 is 10.1 Å². The monoisotopic (exact) mass is 375 g/mol. The average molecular weight is 375 g/mol. The molecule has 27 heavy (non-hydrogen) atoms. The van der Waals surface area contributed by atoms with E-state index in [0.717, 1.165) is 17.8 Å². The van der Waals surface area contributed by atoms with Gasteiger partial charge in [0.05, 0.1) is 23.5 Å². The van der Waals surface area contributed by atoms with Crippen LogP contribution < -0.4 is 10.1 Å². The average Bonchev–Trinajstić information content (AvgIpc) is 3.17. The predicted molar refractivity (Wildman–Crippen MR) is 94.1 cm³/mol. The Hall–Kier alpha value is -3.29. The first kappa shape index (κ1) is 18.5. The van der Waals surface area contributed by atoms with Crippen molar-refractivity contribution >= 4 is 11.6 Å². The van der Waals surface area contributed by atoms with Crippen molar-refractivity contribution < 1.29 is 22.7 Å². The summed E-state index contributed by atoms with van der Waals surface area (Å²) in [5, 5.41) is 6.58. The Kier molecular flexibility index (Phi) is 5.16. The van der Waals surface area contributed by atoms with Crippen molar-refractivity contribution in [1.82, 2.24) is 9.78 Å². The van der Waals surface area contributed by atoms with Gasteiger partial charge >= 0.3 is 6.18 Å². The second kappa shape index (κ2) is 7.53. The molecule has 0 atom stereocenters. The number of benzene rings is 2. The molecule has 0 spiro atoms. The first-order chi connectivity index (χ1) is 12.9. The van der Waals surface area contributed by atoms with E-state index in [1.807, 2.05) is 0 Å². The van der Waals surface area contributed by atoms with E-state index < -0.39 is 17.6 Å². The van der Waals surface area contributed by atoms with Crippen LogP contribution in [-0.2, 0) is 6.18 Å². The molecule has 1 amide bonds. The Bertz CT molecular complexity index is 920. The molecule has 0 saturated heterocycles. The molecular formula is C19H16F3N3O2. The van der Waals surface area contributed by atoms with Crippen LogP contribution in [0.25, 0.3) is 5.69 Å². The van der Waals surface area contributed by atoms with Crippen LogP contribution in [0.3, 0.4) is 0 Å². The maximum atomic E-state index is 13.0. The molecule has 5 nitrogen and oxygen atoms in total. The summed E-state index contributed by atoms with van der Waals surface area (Å²) >= 11 is 0. The van der Waals surface area contributed by atoms with Gasteiger partial charge in [-0.05, 0) is 55.5 Å². The Balaban J connectivity index is 1.84. The van der Waals surface area contributed by atoms with Crippen molar-refractivity contribution in [1.29, 1.82) is 0 Å². The summed E-state index contributed by atoms with van der Waals surface area (Å²) in [6.07, 6.45) is -1.13. The Morgan fingerprint density at radius 2 is 1.93 bits per heavy atom. The normalized spacial score (nSPS) is 11.3. The maximum absolute atomic E-state index is 13.0. The molecule has 2 aromatic carbocycles. The van der Waals surface area contributed by atoms with Crippen LogP contribution in [0, 0.1) is 0 Å². The molecule has 0 radical (unpaired) electrons. The van der Waals surface area contributed by atoms with E-state index in [0.29, 0.717) is 5.56 Å². The quantitative estimate of drug-likeness (QED) is 0.712. The fourth-order valence-corrected chi connectivity index (χ4v) is 2.47. The number of rotatable bonds is 5. The van der Waals surface area contributed by atoms with E-state index in [1.165, 1.54) is 6.07 Å². The minimum Gasteiger partial charge on any atom is -0.492 e. The van der Waals surface area contributed by atoms with Gasteiger partial charge in [-0.1, -0.05) is 0 Å². The van der Waals surface area contributed by atoms with Gasteiger partial charge in [-0.3, -0.25) is 4.79 Å². The minimum atomic E-state index is -4.52. The smallest absolute Gasteiger partial charge is 0.416 e. The topological polar surface area (TPSA) is 56.1 Å². The van der Waals surface area contributed by atoms with Gasteiger partial charge in [0.25, 0.3) is 5.91 Å². The lowest BCUT2D eigenvalue weighted by Gasteiger charge is -2.15. The van der Waals surface area contributed by atoms with Gasteiger partial charge in [0.2, 0.25) is 0 Å². The van der Waals surface area contributed by atoms with Crippen LogP contribution in [0.2, 0.25) is 0 Å². The number of nitrogens with zero attached hydrogens (tertiary/aromatic N) is 2. The van der Waals surface area contributed by atoms with Gasteiger partial charge in [0, 0.05) is 18.0 Å². The summed E-state index contributed by atoms with van der Waals surface area (Å²) in [5.74, 6) is -0.366. The Labute approximate surface area is 153 Å². The SMILES string of the molecule is CCOc1ccc(C(F)(F)F)cc1NC(=O)c1ccc(-n2cccn2)cc1. The molecule has 0 aliphatic carbocycles. The molecule has 1 heterocycles. The highest BCUT2D eigenvalue weighted by Crippen LogP contribution is 2.35. The summed E-state index contributed by atoms with van der Waals surface area (Å²) in [5.41, 5.74) is 0.152. The number of anilines is 1. The maximum Gasteiger partial charge on any atom is 0.416 e. The first-order valence-electron chi connectivity index (χ1n) is 8.14. The lowest BCUT2D eigenvalue weighted by Crippen LogP contribution is -2.14. The largest absolute Gasteiger partial charge is 0.492 e. The third-order valence-corrected chi connectivity index (χ3v) is 3.75. The zero-order valence-electron chi connectivity index (χ0n) is 14.3. The van der Waals surface area contributed by atoms with Crippen molar-refractivity contribution in [3.8, 4) is 11.4 Å². The molecule has 8 heteroatoms. The van der Waals surface area contributed by atoms with Gasteiger partial charge in [-0.25, -0.2) is 4.68 Å². The number of amides is 1. The highest BCUT2D eigenvalue weighted by Gasteiger charge is 2.31. The summed E-state index contributed by atoms with van der Waals surface area (Å²) < 4.78 is 45.8. The van der Waals surface area contributed by atoms with E-state index in [9.17, 15) is 18.0 Å². The number of hydrogen-bond donors (Lipinski definition) is 1. The van der Waals surface area contributed by atoms with E-state index in [1.54, 1.807) is 54.3 Å². The van der Waals surface area contributed by atoms with Crippen LogP contribution >= 0.6 is 0 Å². The summed E-state index contributed by atoms with van der Waals surface area (Å²) in [4.78, 5) is 12.5. The predicted octanol–water partition coefficient (Wildman–Crippen LogP) is 4.54. The highest BCUT2D eigenvalue weighted by molar-refractivity contribution is 6.05. The molecule has 0 saturated carbocycles. The molecule has 3 rings (SSSR count). The van der Waals surface area contributed by atoms with Crippen molar-refractivity contribution in [2.24, 2.45) is 0 Å². The second-order valence-corrected chi connectivity index (χ2v) is 5.59.